The Labute approximate surface area is 169 Å². The SMILES string of the molecule is Cc1cc2c(-c3ccccc3)cccc2[cH-]1.[CH2-]CCC.[CH2-]CCC.[Ti+3]. The van der Waals surface area contributed by atoms with Crippen molar-refractivity contribution >= 4 is 10.8 Å². The summed E-state index contributed by atoms with van der Waals surface area (Å²) in [5.41, 5.74) is 3.95. The van der Waals surface area contributed by atoms with E-state index in [0.29, 0.717) is 0 Å². The Morgan fingerprint density at radius 1 is 0.840 bits per heavy atom. The van der Waals surface area contributed by atoms with Gasteiger partial charge >= 0.3 is 21.7 Å². The molecule has 0 nitrogen and oxygen atoms in total. The summed E-state index contributed by atoms with van der Waals surface area (Å²) in [6.45, 7) is 13.6. The molecule has 0 aromatic heterocycles. The zero-order chi connectivity index (χ0) is 17.8. The molecular formula is C24H31Ti. The van der Waals surface area contributed by atoms with E-state index in [0.717, 1.165) is 12.8 Å². The maximum atomic E-state index is 3.60. The molecule has 3 aromatic carbocycles. The van der Waals surface area contributed by atoms with Crippen LogP contribution in [0.3, 0.4) is 0 Å². The van der Waals surface area contributed by atoms with E-state index in [1.807, 2.05) is 0 Å². The van der Waals surface area contributed by atoms with Crippen LogP contribution < -0.4 is 0 Å². The quantitative estimate of drug-likeness (QED) is 0.328. The van der Waals surface area contributed by atoms with E-state index in [4.69, 9.17) is 0 Å². The van der Waals surface area contributed by atoms with Gasteiger partial charge in [-0.25, -0.2) is 0 Å². The van der Waals surface area contributed by atoms with Crippen molar-refractivity contribution in [2.45, 2.75) is 46.5 Å². The van der Waals surface area contributed by atoms with Gasteiger partial charge in [-0.05, 0) is 5.56 Å². The Kier molecular flexibility index (Phi) is 13.3. The molecule has 25 heavy (non-hydrogen) atoms. The minimum Gasteiger partial charge on any atom is -0.343 e. The molecule has 0 amide bonds. The Hall–Kier alpha value is -1.24. The average molecular weight is 367 g/mol. The summed E-state index contributed by atoms with van der Waals surface area (Å²) in [5.74, 6) is 0. The van der Waals surface area contributed by atoms with E-state index in [1.165, 1.54) is 40.3 Å². The van der Waals surface area contributed by atoms with Crippen LogP contribution in [0.1, 0.15) is 45.1 Å². The number of benzene rings is 2. The van der Waals surface area contributed by atoms with Gasteiger partial charge in [-0.1, -0.05) is 75.6 Å². The second kappa shape index (κ2) is 14.0. The van der Waals surface area contributed by atoms with Crippen molar-refractivity contribution in [1.29, 1.82) is 0 Å². The number of rotatable bonds is 3. The molecule has 0 aliphatic heterocycles. The van der Waals surface area contributed by atoms with Crippen molar-refractivity contribution in [3.63, 3.8) is 0 Å². The first kappa shape index (κ1) is 23.8. The third kappa shape index (κ3) is 8.12. The van der Waals surface area contributed by atoms with Gasteiger partial charge in [0, 0.05) is 0 Å². The zero-order valence-electron chi connectivity index (χ0n) is 16.0. The van der Waals surface area contributed by atoms with Crippen molar-refractivity contribution in [2.24, 2.45) is 0 Å². The van der Waals surface area contributed by atoms with Gasteiger partial charge in [-0.2, -0.15) is 18.9 Å². The number of hydrogen-bond donors (Lipinski definition) is 0. The summed E-state index contributed by atoms with van der Waals surface area (Å²) in [6, 6.07) is 21.6. The van der Waals surface area contributed by atoms with E-state index in [2.05, 4.69) is 95.3 Å². The molecule has 0 bridgehead atoms. The molecule has 131 valence electrons. The fourth-order valence-electron chi connectivity index (χ4n) is 2.25. The number of unbranched alkanes of at least 4 members (excludes halogenated alkanes) is 2. The van der Waals surface area contributed by atoms with Crippen molar-refractivity contribution in [1.82, 2.24) is 0 Å². The molecule has 0 aliphatic carbocycles. The van der Waals surface area contributed by atoms with Crippen LogP contribution in [0.5, 0.6) is 0 Å². The summed E-state index contributed by atoms with van der Waals surface area (Å²) in [4.78, 5) is 0. The number of fused-ring (bicyclic) bond motifs is 1. The van der Waals surface area contributed by atoms with Crippen LogP contribution in [0.25, 0.3) is 21.9 Å². The Morgan fingerprint density at radius 2 is 1.40 bits per heavy atom. The third-order valence-electron chi connectivity index (χ3n) is 3.69. The zero-order valence-corrected chi connectivity index (χ0v) is 17.6. The number of aryl methyl sites for hydroxylation is 1. The average Bonchev–Trinajstić information content (AvgIpc) is 3.03. The van der Waals surface area contributed by atoms with Gasteiger partial charge in [0.25, 0.3) is 0 Å². The molecule has 0 N–H and O–H groups in total. The van der Waals surface area contributed by atoms with Crippen LogP contribution in [0, 0.1) is 20.8 Å². The maximum absolute atomic E-state index is 3.60. The first-order chi connectivity index (χ1) is 11.7. The Bertz CT molecular complexity index is 672. The molecular weight excluding hydrogens is 336 g/mol. The monoisotopic (exact) mass is 367 g/mol. The molecule has 3 aromatic rings. The molecule has 0 saturated carbocycles. The molecule has 0 fully saturated rings. The van der Waals surface area contributed by atoms with Gasteiger partial charge in [0.1, 0.15) is 0 Å². The predicted molar refractivity (Wildman–Crippen MR) is 110 cm³/mol. The topological polar surface area (TPSA) is 0 Å². The van der Waals surface area contributed by atoms with E-state index in [1.54, 1.807) is 0 Å². The van der Waals surface area contributed by atoms with Gasteiger partial charge in [0.15, 0.2) is 0 Å². The predicted octanol–water partition coefficient (Wildman–Crippen LogP) is 7.77. The first-order valence-electron chi connectivity index (χ1n) is 8.97. The van der Waals surface area contributed by atoms with Crippen molar-refractivity contribution in [2.75, 3.05) is 0 Å². The fraction of sp³-hybridized carbons (Fsp3) is 0.292. The largest absolute Gasteiger partial charge is 3.00 e. The van der Waals surface area contributed by atoms with E-state index < -0.39 is 0 Å². The van der Waals surface area contributed by atoms with E-state index in [9.17, 15) is 0 Å². The molecule has 1 radical (unpaired) electrons. The third-order valence-corrected chi connectivity index (χ3v) is 3.69. The number of hydrogen-bond acceptors (Lipinski definition) is 0. The normalized spacial score (nSPS) is 9.32. The van der Waals surface area contributed by atoms with Crippen LogP contribution in [-0.2, 0) is 21.7 Å². The van der Waals surface area contributed by atoms with Gasteiger partial charge < -0.3 is 13.8 Å². The molecule has 0 atom stereocenters. The van der Waals surface area contributed by atoms with E-state index >= 15 is 0 Å². The van der Waals surface area contributed by atoms with Crippen LogP contribution in [-0.4, -0.2) is 0 Å². The second-order valence-electron chi connectivity index (χ2n) is 5.91. The van der Waals surface area contributed by atoms with Crippen molar-refractivity contribution in [3.8, 4) is 11.1 Å². The summed E-state index contributed by atoms with van der Waals surface area (Å²) in [5, 5.41) is 2.69. The van der Waals surface area contributed by atoms with Gasteiger partial charge in [-0.3, -0.25) is 0 Å². The standard InChI is InChI=1S/C16H13.2C4H9.Ti/c1-12-10-14-8-5-9-15(16(14)11-12)13-6-3-2-4-7-13;2*1-3-4-2;/h2-11H,1H3;2*1,3-4H2,2H3;/q3*-1;+3. The van der Waals surface area contributed by atoms with Crippen LogP contribution in [0.2, 0.25) is 0 Å². The van der Waals surface area contributed by atoms with Gasteiger partial charge in [0.05, 0.1) is 0 Å². The summed E-state index contributed by atoms with van der Waals surface area (Å²) >= 11 is 0. The molecule has 0 unspecified atom stereocenters. The second-order valence-corrected chi connectivity index (χ2v) is 5.91. The molecule has 0 heterocycles. The fourth-order valence-corrected chi connectivity index (χ4v) is 2.25. The maximum Gasteiger partial charge on any atom is 3.00 e. The summed E-state index contributed by atoms with van der Waals surface area (Å²) < 4.78 is 0. The molecule has 0 saturated heterocycles. The molecule has 1 heteroatoms. The van der Waals surface area contributed by atoms with Gasteiger partial charge in [0.2, 0.25) is 0 Å². The van der Waals surface area contributed by atoms with Crippen molar-refractivity contribution < 1.29 is 21.7 Å². The van der Waals surface area contributed by atoms with Crippen molar-refractivity contribution in [3.05, 3.63) is 80.1 Å². The minimum atomic E-state index is 0. The van der Waals surface area contributed by atoms with Gasteiger partial charge in [-0.15, -0.1) is 34.5 Å². The first-order valence-corrected chi connectivity index (χ1v) is 8.97. The van der Waals surface area contributed by atoms with E-state index in [-0.39, 0.29) is 21.7 Å². The smallest absolute Gasteiger partial charge is 0.343 e. The Morgan fingerprint density at radius 3 is 1.92 bits per heavy atom. The summed E-state index contributed by atoms with van der Waals surface area (Å²) in [7, 11) is 0. The molecule has 0 spiro atoms. The molecule has 3 rings (SSSR count). The summed E-state index contributed by atoms with van der Waals surface area (Å²) in [6.07, 6.45) is 4.56. The minimum absolute atomic E-state index is 0. The van der Waals surface area contributed by atoms with Crippen LogP contribution in [0.15, 0.2) is 60.7 Å². The Balaban J connectivity index is 0.000000549. The molecule has 0 aliphatic rings. The van der Waals surface area contributed by atoms with Crippen LogP contribution in [0.4, 0.5) is 0 Å². The van der Waals surface area contributed by atoms with Crippen LogP contribution >= 0.6 is 0 Å².